The Labute approximate surface area is 259 Å². The molecule has 1 aromatic carbocycles. The number of pyridine rings is 2. The summed E-state index contributed by atoms with van der Waals surface area (Å²) >= 11 is 13.0. The van der Waals surface area contributed by atoms with Crippen molar-refractivity contribution in [2.75, 3.05) is 0 Å². The normalized spacial score (nSPS) is 23.3. The van der Waals surface area contributed by atoms with Gasteiger partial charge in [0.15, 0.2) is 0 Å². The number of aromatic nitrogens is 3. The number of fused-ring (bicyclic) bond motifs is 4. The Kier molecular flexibility index (Phi) is 7.14. The third-order valence-electron chi connectivity index (χ3n) is 9.51. The second-order valence-corrected chi connectivity index (χ2v) is 13.4. The van der Waals surface area contributed by atoms with Gasteiger partial charge in [0.05, 0.1) is 33.9 Å². The van der Waals surface area contributed by atoms with Crippen LogP contribution in [-0.2, 0) is 16.8 Å². The monoisotopic (exact) mass is 621 g/mol. The lowest BCUT2D eigenvalue weighted by molar-refractivity contribution is -0.127. The van der Waals surface area contributed by atoms with Crippen molar-refractivity contribution >= 4 is 40.1 Å². The number of hydrogen-bond donors (Lipinski definition) is 1. The minimum Gasteiger partial charge on any atom is -0.489 e. The standard InChI is InChI=1S/C33H33Cl2N3O5/c1-18(2)42-25-7-5-21(31(39)40)20-6-8-26(37-28(20)25)32-9-12-33(13-10-32,14-11-32)41-17-22-29(38-43-30(22)19-3-4-19)27-23(34)15-36-16-24(27)35/h5-8,15-16,18-19H,3-4,9-14,17H2,1-2H3,(H,39,40). The first kappa shape index (κ1) is 28.6. The summed E-state index contributed by atoms with van der Waals surface area (Å²) in [6, 6.07) is 7.24. The van der Waals surface area contributed by atoms with Gasteiger partial charge < -0.3 is 19.1 Å². The van der Waals surface area contributed by atoms with Crippen LogP contribution in [-0.4, -0.2) is 37.9 Å². The Morgan fingerprint density at radius 2 is 1.74 bits per heavy atom. The molecular formula is C33H33Cl2N3O5. The van der Waals surface area contributed by atoms with Gasteiger partial charge in [-0.25, -0.2) is 9.78 Å². The Morgan fingerprint density at radius 3 is 2.37 bits per heavy atom. The highest BCUT2D eigenvalue weighted by molar-refractivity contribution is 6.38. The third-order valence-corrected chi connectivity index (χ3v) is 10.1. The van der Waals surface area contributed by atoms with Gasteiger partial charge >= 0.3 is 5.97 Å². The van der Waals surface area contributed by atoms with Gasteiger partial charge in [-0.05, 0) is 89.5 Å². The van der Waals surface area contributed by atoms with Crippen molar-refractivity contribution in [3.63, 3.8) is 0 Å². The molecule has 4 aliphatic carbocycles. The SMILES string of the molecule is CC(C)Oc1ccc(C(=O)O)c2ccc(C34CCC(OCc5c(-c6c(Cl)cncc6Cl)noc5C5CC5)(CC3)CC4)nc12. The highest BCUT2D eigenvalue weighted by Gasteiger charge is 2.51. The van der Waals surface area contributed by atoms with E-state index in [1.54, 1.807) is 24.5 Å². The van der Waals surface area contributed by atoms with E-state index in [0.717, 1.165) is 68.4 Å². The molecule has 4 aromatic rings. The van der Waals surface area contributed by atoms with Gasteiger partial charge in [0.1, 0.15) is 22.7 Å². The van der Waals surface area contributed by atoms with E-state index in [1.807, 2.05) is 26.0 Å². The van der Waals surface area contributed by atoms with E-state index in [-0.39, 0.29) is 22.7 Å². The molecule has 8 rings (SSSR count). The molecule has 0 radical (unpaired) electrons. The van der Waals surface area contributed by atoms with Crippen molar-refractivity contribution in [2.45, 2.75) is 94.9 Å². The lowest BCUT2D eigenvalue weighted by Gasteiger charge is -2.53. The van der Waals surface area contributed by atoms with E-state index in [2.05, 4.69) is 10.1 Å². The van der Waals surface area contributed by atoms with Gasteiger partial charge in [0.25, 0.3) is 0 Å². The summed E-state index contributed by atoms with van der Waals surface area (Å²) in [5.74, 6) is 0.868. The maximum atomic E-state index is 11.9. The van der Waals surface area contributed by atoms with Crippen LogP contribution in [0.5, 0.6) is 5.75 Å². The molecule has 0 aliphatic heterocycles. The largest absolute Gasteiger partial charge is 0.489 e. The number of nitrogens with zero attached hydrogens (tertiary/aromatic N) is 3. The molecule has 4 saturated carbocycles. The molecule has 4 fully saturated rings. The number of ether oxygens (including phenoxy) is 2. The van der Waals surface area contributed by atoms with E-state index in [1.165, 1.54) is 0 Å². The molecule has 8 nitrogen and oxygen atoms in total. The summed E-state index contributed by atoms with van der Waals surface area (Å²) in [5, 5.41) is 15.6. The van der Waals surface area contributed by atoms with E-state index >= 15 is 0 Å². The van der Waals surface area contributed by atoms with Crippen molar-refractivity contribution in [3.05, 3.63) is 69.3 Å². The number of carboxylic acid groups (broad SMARTS) is 1. The summed E-state index contributed by atoms with van der Waals surface area (Å²) in [5.41, 5.74) is 3.73. The molecule has 3 heterocycles. The topological polar surface area (TPSA) is 108 Å². The summed E-state index contributed by atoms with van der Waals surface area (Å²) in [6.45, 7) is 4.30. The van der Waals surface area contributed by atoms with Gasteiger partial charge in [-0.1, -0.05) is 28.4 Å². The molecule has 43 heavy (non-hydrogen) atoms. The maximum absolute atomic E-state index is 11.9. The lowest BCUT2D eigenvalue weighted by atomic mass is 9.57. The van der Waals surface area contributed by atoms with E-state index in [0.29, 0.717) is 50.5 Å². The highest BCUT2D eigenvalue weighted by Crippen LogP contribution is 2.56. The van der Waals surface area contributed by atoms with Crippen LogP contribution in [0.15, 0.2) is 41.2 Å². The van der Waals surface area contributed by atoms with Gasteiger partial charge in [-0.15, -0.1) is 0 Å². The van der Waals surface area contributed by atoms with Crippen LogP contribution in [0.1, 0.15) is 98.5 Å². The fraction of sp³-hybridized carbons (Fsp3) is 0.455. The van der Waals surface area contributed by atoms with Crippen molar-refractivity contribution in [1.82, 2.24) is 15.1 Å². The average Bonchev–Trinajstić information content (AvgIpc) is 3.76. The minimum atomic E-state index is -0.972. The first-order chi connectivity index (χ1) is 20.7. The molecule has 0 spiro atoms. The van der Waals surface area contributed by atoms with Crippen molar-refractivity contribution < 1.29 is 23.9 Å². The number of aromatic carboxylic acids is 1. The molecule has 0 unspecified atom stereocenters. The molecule has 0 atom stereocenters. The lowest BCUT2D eigenvalue weighted by Crippen LogP contribution is -2.50. The first-order valence-electron chi connectivity index (χ1n) is 14.9. The Balaban J connectivity index is 1.14. The van der Waals surface area contributed by atoms with E-state index in [4.69, 9.17) is 42.2 Å². The van der Waals surface area contributed by atoms with E-state index in [9.17, 15) is 9.90 Å². The number of benzene rings is 1. The van der Waals surface area contributed by atoms with Crippen LogP contribution in [0.4, 0.5) is 0 Å². The van der Waals surface area contributed by atoms with Gasteiger partial charge in [-0.3, -0.25) is 4.98 Å². The zero-order chi connectivity index (χ0) is 29.9. The van der Waals surface area contributed by atoms with Gasteiger partial charge in [0.2, 0.25) is 0 Å². The summed E-state index contributed by atoms with van der Waals surface area (Å²) < 4.78 is 18.7. The fourth-order valence-corrected chi connectivity index (χ4v) is 7.51. The minimum absolute atomic E-state index is 0.0541. The summed E-state index contributed by atoms with van der Waals surface area (Å²) in [4.78, 5) is 21.1. The first-order valence-corrected chi connectivity index (χ1v) is 15.7. The predicted octanol–water partition coefficient (Wildman–Crippen LogP) is 8.52. The van der Waals surface area contributed by atoms with Crippen LogP contribution in [0.2, 0.25) is 10.0 Å². The number of rotatable bonds is 9. The number of carboxylic acids is 1. The van der Waals surface area contributed by atoms with Crippen LogP contribution < -0.4 is 4.74 Å². The predicted molar refractivity (Wildman–Crippen MR) is 163 cm³/mol. The van der Waals surface area contributed by atoms with Crippen LogP contribution in [0, 0.1) is 0 Å². The fourth-order valence-electron chi connectivity index (χ4n) is 6.96. The Bertz CT molecular complexity index is 1690. The third kappa shape index (κ3) is 5.07. The smallest absolute Gasteiger partial charge is 0.336 e. The van der Waals surface area contributed by atoms with Crippen molar-refractivity contribution in [2.24, 2.45) is 0 Å². The second kappa shape index (κ2) is 10.8. The van der Waals surface area contributed by atoms with Crippen LogP contribution in [0.25, 0.3) is 22.2 Å². The maximum Gasteiger partial charge on any atom is 0.336 e. The van der Waals surface area contributed by atoms with Crippen molar-refractivity contribution in [1.29, 1.82) is 0 Å². The summed E-state index contributed by atoms with van der Waals surface area (Å²) in [6.07, 6.45) is 10.8. The van der Waals surface area contributed by atoms with Crippen LogP contribution in [0.3, 0.4) is 0 Å². The molecule has 1 N–H and O–H groups in total. The molecule has 4 aliphatic rings. The molecule has 0 saturated heterocycles. The Morgan fingerprint density at radius 1 is 1.05 bits per heavy atom. The molecule has 3 aromatic heterocycles. The van der Waals surface area contributed by atoms with Crippen LogP contribution >= 0.6 is 23.2 Å². The number of carbonyl (C=O) groups is 1. The van der Waals surface area contributed by atoms with E-state index < -0.39 is 5.97 Å². The zero-order valence-electron chi connectivity index (χ0n) is 24.2. The number of halogens is 2. The molecule has 10 heteroatoms. The molecular weight excluding hydrogens is 589 g/mol. The van der Waals surface area contributed by atoms with Gasteiger partial charge in [0, 0.05) is 45.9 Å². The van der Waals surface area contributed by atoms with Gasteiger partial charge in [-0.2, -0.15) is 0 Å². The number of hydrogen-bond acceptors (Lipinski definition) is 7. The zero-order valence-corrected chi connectivity index (χ0v) is 25.7. The van der Waals surface area contributed by atoms with Crippen molar-refractivity contribution in [3.8, 4) is 17.0 Å². The molecule has 2 bridgehead atoms. The highest BCUT2D eigenvalue weighted by atomic mass is 35.5. The molecule has 0 amide bonds. The molecule has 224 valence electrons. The summed E-state index contributed by atoms with van der Waals surface area (Å²) in [7, 11) is 0. The average molecular weight is 623 g/mol. The second-order valence-electron chi connectivity index (χ2n) is 12.6. The Hall–Kier alpha value is -3.20. The quantitative estimate of drug-likeness (QED) is 0.198.